The number of carbonyl (C=O) groups is 1. The number of piperidine rings is 1. The summed E-state index contributed by atoms with van der Waals surface area (Å²) in [5.41, 5.74) is 5.60. The van der Waals surface area contributed by atoms with E-state index in [0.717, 1.165) is 24.1 Å². The number of rotatable bonds is 5. The summed E-state index contributed by atoms with van der Waals surface area (Å²) < 4.78 is 1.97. The largest absolute Gasteiger partial charge is 0.341 e. The van der Waals surface area contributed by atoms with Crippen molar-refractivity contribution in [2.45, 2.75) is 38.9 Å². The van der Waals surface area contributed by atoms with E-state index in [-0.39, 0.29) is 5.91 Å². The quantitative estimate of drug-likeness (QED) is 0.825. The van der Waals surface area contributed by atoms with Crippen LogP contribution in [-0.2, 0) is 11.3 Å². The molecule has 2 heterocycles. The van der Waals surface area contributed by atoms with E-state index in [9.17, 15) is 4.79 Å². The van der Waals surface area contributed by atoms with Crippen molar-refractivity contribution in [1.82, 2.24) is 19.7 Å². The van der Waals surface area contributed by atoms with E-state index >= 15 is 0 Å². The first kappa shape index (κ1) is 16.3. The van der Waals surface area contributed by atoms with Gasteiger partial charge in [-0.1, -0.05) is 25.6 Å². The van der Waals surface area contributed by atoms with Crippen molar-refractivity contribution in [3.8, 4) is 0 Å². The highest BCUT2D eigenvalue weighted by atomic mass is 32.2. The van der Waals surface area contributed by atoms with Crippen LogP contribution in [0.5, 0.6) is 0 Å². The fourth-order valence-corrected chi connectivity index (χ4v) is 3.85. The molecule has 2 unspecified atom stereocenters. The van der Waals surface area contributed by atoms with Crippen LogP contribution in [0.4, 0.5) is 0 Å². The van der Waals surface area contributed by atoms with Crippen molar-refractivity contribution < 1.29 is 4.79 Å². The van der Waals surface area contributed by atoms with Gasteiger partial charge in [0.1, 0.15) is 5.82 Å². The molecule has 1 saturated heterocycles. The van der Waals surface area contributed by atoms with Crippen molar-refractivity contribution >= 4 is 17.7 Å². The number of amides is 1. The van der Waals surface area contributed by atoms with Crippen LogP contribution in [0.3, 0.4) is 0 Å². The molecule has 1 amide bonds. The molecule has 1 fully saturated rings. The lowest BCUT2D eigenvalue weighted by Crippen LogP contribution is -2.43. The minimum absolute atomic E-state index is 0.193. The van der Waals surface area contributed by atoms with Crippen molar-refractivity contribution in [3.63, 3.8) is 0 Å². The normalized spacial score (nSPS) is 22.6. The van der Waals surface area contributed by atoms with Gasteiger partial charge in [0.25, 0.3) is 0 Å². The zero-order chi connectivity index (χ0) is 15.4. The lowest BCUT2D eigenvalue weighted by Gasteiger charge is -2.34. The summed E-state index contributed by atoms with van der Waals surface area (Å²) in [5, 5.41) is 8.97. The van der Waals surface area contributed by atoms with E-state index in [0.29, 0.717) is 30.7 Å². The van der Waals surface area contributed by atoms with Crippen molar-refractivity contribution in [3.05, 3.63) is 5.82 Å². The van der Waals surface area contributed by atoms with Gasteiger partial charge in [-0.2, -0.15) is 0 Å². The lowest BCUT2D eigenvalue weighted by molar-refractivity contribution is -0.130. The molecular weight excluding hydrogens is 286 g/mol. The van der Waals surface area contributed by atoms with Gasteiger partial charge in [0, 0.05) is 26.2 Å². The van der Waals surface area contributed by atoms with Crippen LogP contribution in [0.2, 0.25) is 0 Å². The Balaban J connectivity index is 1.92. The van der Waals surface area contributed by atoms with Gasteiger partial charge in [-0.05, 0) is 25.2 Å². The molecule has 2 N–H and O–H groups in total. The number of thioether (sulfide) groups is 1. The molecular formula is C14H25N5OS. The summed E-state index contributed by atoms with van der Waals surface area (Å²) in [6.45, 7) is 9.31. The molecule has 21 heavy (non-hydrogen) atoms. The molecule has 1 aromatic heterocycles. The maximum Gasteiger partial charge on any atom is 0.233 e. The minimum atomic E-state index is 0.193. The molecule has 0 aliphatic carbocycles. The third-order valence-electron chi connectivity index (χ3n) is 3.80. The molecule has 0 saturated carbocycles. The Morgan fingerprint density at radius 1 is 1.33 bits per heavy atom. The molecule has 0 bridgehead atoms. The minimum Gasteiger partial charge on any atom is -0.341 e. The van der Waals surface area contributed by atoms with Gasteiger partial charge in [-0.3, -0.25) is 4.79 Å². The highest BCUT2D eigenvalue weighted by molar-refractivity contribution is 7.99. The van der Waals surface area contributed by atoms with Crippen LogP contribution in [-0.4, -0.2) is 51.0 Å². The molecule has 0 aromatic carbocycles. The molecule has 0 spiro atoms. The van der Waals surface area contributed by atoms with Crippen molar-refractivity contribution in [2.75, 3.05) is 25.4 Å². The zero-order valence-corrected chi connectivity index (χ0v) is 13.9. The molecule has 6 nitrogen and oxygen atoms in total. The fourth-order valence-electron chi connectivity index (χ4n) is 2.94. The number of nitrogens with zero attached hydrogens (tertiary/aromatic N) is 4. The van der Waals surface area contributed by atoms with Gasteiger partial charge in [0.05, 0.1) is 5.75 Å². The summed E-state index contributed by atoms with van der Waals surface area (Å²) >= 11 is 1.45. The first-order valence-electron chi connectivity index (χ1n) is 7.51. The summed E-state index contributed by atoms with van der Waals surface area (Å²) in [5.74, 6) is 2.63. The average molecular weight is 311 g/mol. The van der Waals surface area contributed by atoms with Gasteiger partial charge in [-0.15, -0.1) is 10.2 Å². The predicted molar refractivity (Wildman–Crippen MR) is 84.1 cm³/mol. The zero-order valence-electron chi connectivity index (χ0n) is 13.1. The number of carbonyl (C=O) groups excluding carboxylic acids is 1. The summed E-state index contributed by atoms with van der Waals surface area (Å²) in [6, 6.07) is 0. The molecule has 2 rings (SSSR count). The molecule has 2 atom stereocenters. The highest BCUT2D eigenvalue weighted by Crippen LogP contribution is 2.23. The number of likely N-dealkylation sites (tertiary alicyclic amines) is 1. The van der Waals surface area contributed by atoms with E-state index < -0.39 is 0 Å². The second-order valence-corrected chi connectivity index (χ2v) is 6.95. The second kappa shape index (κ2) is 7.26. The molecule has 0 radical (unpaired) electrons. The second-order valence-electron chi connectivity index (χ2n) is 6.00. The molecule has 1 aliphatic heterocycles. The standard InChI is InChI=1S/C14H25N5OS/c1-10-6-11(2)8-18(7-10)13(20)9-21-14-17-16-12(3)19(14)5-4-15/h10-11H,4-9,15H2,1-3H3. The molecule has 1 aromatic rings. The Morgan fingerprint density at radius 2 is 2.00 bits per heavy atom. The van der Waals surface area contributed by atoms with Crippen molar-refractivity contribution in [2.24, 2.45) is 17.6 Å². The fraction of sp³-hybridized carbons (Fsp3) is 0.786. The van der Waals surface area contributed by atoms with E-state index in [4.69, 9.17) is 5.73 Å². The first-order valence-corrected chi connectivity index (χ1v) is 8.50. The lowest BCUT2D eigenvalue weighted by atomic mass is 9.92. The highest BCUT2D eigenvalue weighted by Gasteiger charge is 2.25. The number of nitrogens with two attached hydrogens (primary N) is 1. The van der Waals surface area contributed by atoms with Crippen LogP contribution in [0, 0.1) is 18.8 Å². The SMILES string of the molecule is Cc1nnc(SCC(=O)N2CC(C)CC(C)C2)n1CCN. The monoisotopic (exact) mass is 311 g/mol. The molecule has 1 aliphatic rings. The maximum atomic E-state index is 12.4. The van der Waals surface area contributed by atoms with Gasteiger partial charge >= 0.3 is 0 Å². The summed E-state index contributed by atoms with van der Waals surface area (Å²) in [6.07, 6.45) is 1.21. The third kappa shape index (κ3) is 4.20. The van der Waals surface area contributed by atoms with Crippen molar-refractivity contribution in [1.29, 1.82) is 0 Å². The van der Waals surface area contributed by atoms with E-state index in [1.54, 1.807) is 0 Å². The Morgan fingerprint density at radius 3 is 2.62 bits per heavy atom. The molecule has 7 heteroatoms. The first-order chi connectivity index (χ1) is 10.0. The van der Waals surface area contributed by atoms with Crippen LogP contribution < -0.4 is 5.73 Å². The van der Waals surface area contributed by atoms with Gasteiger partial charge in [0.15, 0.2) is 5.16 Å². The number of hydrogen-bond acceptors (Lipinski definition) is 5. The smallest absolute Gasteiger partial charge is 0.233 e. The van der Waals surface area contributed by atoms with E-state index in [1.807, 2.05) is 16.4 Å². The number of hydrogen-bond donors (Lipinski definition) is 1. The van der Waals surface area contributed by atoms with Gasteiger partial charge in [0.2, 0.25) is 5.91 Å². The van der Waals surface area contributed by atoms with Crippen LogP contribution in [0.15, 0.2) is 5.16 Å². The number of aromatic nitrogens is 3. The Labute approximate surface area is 130 Å². The summed E-state index contributed by atoms with van der Waals surface area (Å²) in [4.78, 5) is 14.3. The van der Waals surface area contributed by atoms with Crippen LogP contribution in [0.1, 0.15) is 26.1 Å². The Hall–Kier alpha value is -1.08. The van der Waals surface area contributed by atoms with Gasteiger partial charge < -0.3 is 15.2 Å². The topological polar surface area (TPSA) is 77.0 Å². The molecule has 118 valence electrons. The van der Waals surface area contributed by atoms with E-state index in [1.165, 1.54) is 18.2 Å². The Bertz CT molecular complexity index is 480. The maximum absolute atomic E-state index is 12.4. The van der Waals surface area contributed by atoms with Crippen LogP contribution >= 0.6 is 11.8 Å². The van der Waals surface area contributed by atoms with E-state index in [2.05, 4.69) is 24.0 Å². The van der Waals surface area contributed by atoms with Gasteiger partial charge in [-0.25, -0.2) is 0 Å². The van der Waals surface area contributed by atoms with Crippen LogP contribution in [0.25, 0.3) is 0 Å². The number of aryl methyl sites for hydroxylation is 1. The predicted octanol–water partition coefficient (Wildman–Crippen LogP) is 1.14. The Kier molecular flexibility index (Phi) is 5.64. The average Bonchev–Trinajstić information content (AvgIpc) is 2.77. The summed E-state index contributed by atoms with van der Waals surface area (Å²) in [7, 11) is 0. The third-order valence-corrected chi connectivity index (χ3v) is 4.75.